The lowest BCUT2D eigenvalue weighted by molar-refractivity contribution is 0.0901. The number of benzene rings is 2. The maximum Gasteiger partial charge on any atom is 0.166 e. The van der Waals surface area contributed by atoms with E-state index in [4.69, 9.17) is 0 Å². The Morgan fingerprint density at radius 2 is 1.67 bits per heavy atom. The highest BCUT2D eigenvalue weighted by Crippen LogP contribution is 2.12. The third-order valence-corrected chi connectivity index (χ3v) is 3.66. The van der Waals surface area contributed by atoms with Crippen molar-refractivity contribution in [1.82, 2.24) is 4.90 Å². The Morgan fingerprint density at radius 1 is 1.05 bits per heavy atom. The predicted octanol–water partition coefficient (Wildman–Crippen LogP) is 3.95. The molecule has 2 aromatic carbocycles. The van der Waals surface area contributed by atoms with Crippen molar-refractivity contribution in [3.05, 3.63) is 71.3 Å². The summed E-state index contributed by atoms with van der Waals surface area (Å²) in [6.45, 7) is 5.73. The molecule has 0 aliphatic heterocycles. The fourth-order valence-electron chi connectivity index (χ4n) is 2.51. The Kier molecular flexibility index (Phi) is 5.29. The molecule has 2 heteroatoms. The van der Waals surface area contributed by atoms with Crippen molar-refractivity contribution in [3.8, 4) is 0 Å². The lowest BCUT2D eigenvalue weighted by Gasteiger charge is -2.20. The monoisotopic (exact) mass is 281 g/mol. The first-order chi connectivity index (χ1) is 10.1. The van der Waals surface area contributed by atoms with Crippen LogP contribution in [0, 0.1) is 12.8 Å². The van der Waals surface area contributed by atoms with Crippen molar-refractivity contribution >= 4 is 5.78 Å². The molecule has 0 aliphatic carbocycles. The van der Waals surface area contributed by atoms with Gasteiger partial charge in [-0.25, -0.2) is 0 Å². The van der Waals surface area contributed by atoms with Gasteiger partial charge in [-0.2, -0.15) is 0 Å². The molecule has 0 bridgehead atoms. The molecule has 0 amide bonds. The van der Waals surface area contributed by atoms with E-state index < -0.39 is 0 Å². The summed E-state index contributed by atoms with van der Waals surface area (Å²) in [5.41, 5.74) is 3.35. The van der Waals surface area contributed by atoms with E-state index in [9.17, 15) is 4.79 Å². The SMILES string of the molecule is Cc1ccc(CN(C)CC(C)C(=O)c2ccccc2)cc1. The van der Waals surface area contributed by atoms with Gasteiger partial charge in [0.1, 0.15) is 0 Å². The highest BCUT2D eigenvalue weighted by Gasteiger charge is 2.16. The minimum absolute atomic E-state index is 0.00264. The van der Waals surface area contributed by atoms with E-state index in [2.05, 4.69) is 43.1 Å². The topological polar surface area (TPSA) is 20.3 Å². The summed E-state index contributed by atoms with van der Waals surface area (Å²) in [6.07, 6.45) is 0. The van der Waals surface area contributed by atoms with Gasteiger partial charge in [0.2, 0.25) is 0 Å². The van der Waals surface area contributed by atoms with Crippen LogP contribution in [0.3, 0.4) is 0 Å². The van der Waals surface area contributed by atoms with Crippen molar-refractivity contribution in [2.75, 3.05) is 13.6 Å². The van der Waals surface area contributed by atoms with Crippen molar-refractivity contribution in [3.63, 3.8) is 0 Å². The maximum atomic E-state index is 12.4. The molecule has 0 fully saturated rings. The van der Waals surface area contributed by atoms with E-state index in [0.717, 1.165) is 18.7 Å². The van der Waals surface area contributed by atoms with Crippen LogP contribution in [0.15, 0.2) is 54.6 Å². The molecule has 2 rings (SSSR count). The first kappa shape index (κ1) is 15.5. The predicted molar refractivity (Wildman–Crippen MR) is 87.4 cm³/mol. The van der Waals surface area contributed by atoms with Crippen LogP contribution in [0.4, 0.5) is 0 Å². The lowest BCUT2D eigenvalue weighted by Crippen LogP contribution is -2.28. The number of carbonyl (C=O) groups excluding carboxylic acids is 1. The van der Waals surface area contributed by atoms with Crippen LogP contribution >= 0.6 is 0 Å². The highest BCUT2D eigenvalue weighted by molar-refractivity contribution is 5.97. The van der Waals surface area contributed by atoms with Gasteiger partial charge < -0.3 is 4.90 Å². The molecule has 0 aliphatic rings. The van der Waals surface area contributed by atoms with Gasteiger partial charge in [-0.1, -0.05) is 67.1 Å². The molecule has 1 unspecified atom stereocenters. The van der Waals surface area contributed by atoms with E-state index in [1.54, 1.807) is 0 Å². The van der Waals surface area contributed by atoms with Crippen molar-refractivity contribution in [1.29, 1.82) is 0 Å². The molecular formula is C19H23NO. The van der Waals surface area contributed by atoms with E-state index in [1.807, 2.05) is 37.3 Å². The molecule has 0 spiro atoms. The molecule has 0 radical (unpaired) electrons. The van der Waals surface area contributed by atoms with E-state index in [1.165, 1.54) is 11.1 Å². The Bertz CT molecular complexity index is 574. The molecule has 21 heavy (non-hydrogen) atoms. The van der Waals surface area contributed by atoms with Crippen LogP contribution in [-0.4, -0.2) is 24.3 Å². The summed E-state index contributed by atoms with van der Waals surface area (Å²) in [5, 5.41) is 0. The van der Waals surface area contributed by atoms with Gasteiger partial charge in [0.05, 0.1) is 0 Å². The number of rotatable bonds is 6. The second kappa shape index (κ2) is 7.19. The summed E-state index contributed by atoms with van der Waals surface area (Å²) in [4.78, 5) is 14.6. The van der Waals surface area contributed by atoms with Crippen molar-refractivity contribution < 1.29 is 4.79 Å². The molecule has 2 aromatic rings. The molecule has 2 nitrogen and oxygen atoms in total. The Labute approximate surface area is 127 Å². The van der Waals surface area contributed by atoms with E-state index in [0.29, 0.717) is 0 Å². The van der Waals surface area contributed by atoms with Crippen LogP contribution < -0.4 is 0 Å². The summed E-state index contributed by atoms with van der Waals surface area (Å²) in [6, 6.07) is 18.1. The first-order valence-electron chi connectivity index (χ1n) is 7.39. The lowest BCUT2D eigenvalue weighted by atomic mass is 9.99. The van der Waals surface area contributed by atoms with Crippen molar-refractivity contribution in [2.24, 2.45) is 5.92 Å². The average Bonchev–Trinajstić information content (AvgIpc) is 2.49. The smallest absolute Gasteiger partial charge is 0.166 e. The van der Waals surface area contributed by atoms with Gasteiger partial charge in [-0.15, -0.1) is 0 Å². The average molecular weight is 281 g/mol. The zero-order valence-electron chi connectivity index (χ0n) is 13.0. The Morgan fingerprint density at radius 3 is 2.29 bits per heavy atom. The molecule has 1 atom stereocenters. The summed E-state index contributed by atoms with van der Waals surface area (Å²) >= 11 is 0. The zero-order chi connectivity index (χ0) is 15.2. The van der Waals surface area contributed by atoms with E-state index >= 15 is 0 Å². The molecule has 0 saturated heterocycles. The van der Waals surface area contributed by atoms with Gasteiger partial charge in [0.25, 0.3) is 0 Å². The van der Waals surface area contributed by atoms with Crippen LogP contribution in [0.5, 0.6) is 0 Å². The molecule has 0 heterocycles. The van der Waals surface area contributed by atoms with Gasteiger partial charge >= 0.3 is 0 Å². The van der Waals surface area contributed by atoms with Crippen LogP contribution in [0.2, 0.25) is 0 Å². The molecule has 110 valence electrons. The number of aryl methyl sites for hydroxylation is 1. The normalized spacial score (nSPS) is 12.4. The number of ketones is 1. The summed E-state index contributed by atoms with van der Waals surface area (Å²) in [5.74, 6) is 0.217. The van der Waals surface area contributed by atoms with Crippen molar-refractivity contribution in [2.45, 2.75) is 20.4 Å². The highest BCUT2D eigenvalue weighted by atomic mass is 16.1. The fraction of sp³-hybridized carbons (Fsp3) is 0.316. The standard InChI is InChI=1S/C19H23NO/c1-15-9-11-17(12-10-15)14-20(3)13-16(2)19(21)18-7-5-4-6-8-18/h4-12,16H,13-14H2,1-3H3. The zero-order valence-corrected chi connectivity index (χ0v) is 13.0. The Hall–Kier alpha value is -1.93. The number of carbonyl (C=O) groups is 1. The minimum atomic E-state index is 0.00264. The number of hydrogen-bond donors (Lipinski definition) is 0. The van der Waals surface area contributed by atoms with E-state index in [-0.39, 0.29) is 11.7 Å². The van der Waals surface area contributed by atoms with Gasteiger partial charge in [0.15, 0.2) is 5.78 Å². The molecule has 0 aromatic heterocycles. The second-order valence-electron chi connectivity index (χ2n) is 5.81. The number of Topliss-reactive ketones (excluding diaryl/α,β-unsaturated/α-hetero) is 1. The second-order valence-corrected chi connectivity index (χ2v) is 5.81. The largest absolute Gasteiger partial charge is 0.301 e. The van der Waals surface area contributed by atoms with Crippen LogP contribution in [0.25, 0.3) is 0 Å². The quantitative estimate of drug-likeness (QED) is 0.747. The minimum Gasteiger partial charge on any atom is -0.301 e. The van der Waals surface area contributed by atoms with Gasteiger partial charge in [-0.05, 0) is 19.5 Å². The van der Waals surface area contributed by atoms with Crippen LogP contribution in [0.1, 0.15) is 28.4 Å². The maximum absolute atomic E-state index is 12.4. The van der Waals surface area contributed by atoms with Gasteiger partial charge in [-0.3, -0.25) is 4.79 Å². The molecule has 0 saturated carbocycles. The summed E-state index contributed by atoms with van der Waals surface area (Å²) < 4.78 is 0. The Balaban J connectivity index is 1.91. The third-order valence-electron chi connectivity index (χ3n) is 3.66. The molecule has 0 N–H and O–H groups in total. The van der Waals surface area contributed by atoms with Gasteiger partial charge in [0, 0.05) is 24.6 Å². The molecular weight excluding hydrogens is 258 g/mol. The first-order valence-corrected chi connectivity index (χ1v) is 7.39. The summed E-state index contributed by atoms with van der Waals surface area (Å²) in [7, 11) is 2.06. The third kappa shape index (κ3) is 4.54. The van der Waals surface area contributed by atoms with Crippen LogP contribution in [-0.2, 0) is 6.54 Å². The number of hydrogen-bond acceptors (Lipinski definition) is 2. The fourth-order valence-corrected chi connectivity index (χ4v) is 2.51. The number of nitrogens with zero attached hydrogens (tertiary/aromatic N) is 1.